The van der Waals surface area contributed by atoms with Crippen molar-refractivity contribution in [2.75, 3.05) is 45.2 Å². The average Bonchev–Trinajstić information content (AvgIpc) is 2.45. The third kappa shape index (κ3) is 4.90. The van der Waals surface area contributed by atoms with E-state index in [2.05, 4.69) is 49.0 Å². The van der Waals surface area contributed by atoms with Gasteiger partial charge in [0.15, 0.2) is 0 Å². The highest BCUT2D eigenvalue weighted by molar-refractivity contribution is 5.53. The van der Waals surface area contributed by atoms with Crippen LogP contribution in [-0.2, 0) is 0 Å². The van der Waals surface area contributed by atoms with Gasteiger partial charge in [0.05, 0.1) is 6.61 Å². The maximum atomic E-state index is 5.97. The van der Waals surface area contributed by atoms with Gasteiger partial charge in [-0.2, -0.15) is 0 Å². The van der Waals surface area contributed by atoms with E-state index in [1.165, 1.54) is 11.3 Å². The summed E-state index contributed by atoms with van der Waals surface area (Å²) in [5, 5.41) is 0. The van der Waals surface area contributed by atoms with Crippen molar-refractivity contribution in [1.29, 1.82) is 0 Å². The third-order valence-electron chi connectivity index (χ3n) is 4.07. The summed E-state index contributed by atoms with van der Waals surface area (Å²) >= 11 is 0. The van der Waals surface area contributed by atoms with Crippen LogP contribution in [0.25, 0.3) is 0 Å². The van der Waals surface area contributed by atoms with Gasteiger partial charge in [-0.1, -0.05) is 0 Å². The third-order valence-corrected chi connectivity index (χ3v) is 4.07. The molecular formula is C17H29N3O. The summed E-state index contributed by atoms with van der Waals surface area (Å²) in [7, 11) is 4.18. The zero-order valence-corrected chi connectivity index (χ0v) is 13.6. The summed E-state index contributed by atoms with van der Waals surface area (Å²) in [5.74, 6) is 1.01. The lowest BCUT2D eigenvalue weighted by Crippen LogP contribution is -2.39. The molecule has 1 aliphatic rings. The van der Waals surface area contributed by atoms with E-state index >= 15 is 0 Å². The minimum absolute atomic E-state index is 0.377. The minimum Gasteiger partial charge on any atom is -0.493 e. The highest BCUT2D eigenvalue weighted by Crippen LogP contribution is 2.26. The number of nitrogens with two attached hydrogens (primary N) is 1. The molecule has 0 bridgehead atoms. The predicted octanol–water partition coefficient (Wildman–Crippen LogP) is 2.25. The highest BCUT2D eigenvalue weighted by Gasteiger charge is 2.16. The van der Waals surface area contributed by atoms with E-state index in [0.717, 1.165) is 51.3 Å². The Morgan fingerprint density at radius 1 is 1.29 bits per heavy atom. The van der Waals surface area contributed by atoms with Gasteiger partial charge in [0.2, 0.25) is 0 Å². The van der Waals surface area contributed by atoms with E-state index < -0.39 is 0 Å². The van der Waals surface area contributed by atoms with Crippen molar-refractivity contribution in [3.8, 4) is 5.75 Å². The SMILES string of the molecule is Cc1cc(N2CCC(N)CC2)ccc1OCCCN(C)C. The molecule has 0 aromatic heterocycles. The first kappa shape index (κ1) is 16.1. The van der Waals surface area contributed by atoms with Gasteiger partial charge in [-0.15, -0.1) is 0 Å². The highest BCUT2D eigenvalue weighted by atomic mass is 16.5. The van der Waals surface area contributed by atoms with Crippen molar-refractivity contribution >= 4 is 5.69 Å². The number of ether oxygens (including phenoxy) is 1. The topological polar surface area (TPSA) is 41.7 Å². The van der Waals surface area contributed by atoms with E-state index in [4.69, 9.17) is 10.5 Å². The van der Waals surface area contributed by atoms with Crippen molar-refractivity contribution < 1.29 is 4.74 Å². The Kier molecular flexibility index (Phi) is 5.88. The first-order chi connectivity index (χ1) is 10.1. The number of rotatable bonds is 6. The zero-order chi connectivity index (χ0) is 15.2. The first-order valence-electron chi connectivity index (χ1n) is 7.95. The van der Waals surface area contributed by atoms with Crippen LogP contribution in [0.4, 0.5) is 5.69 Å². The fraction of sp³-hybridized carbons (Fsp3) is 0.647. The first-order valence-corrected chi connectivity index (χ1v) is 7.95. The molecule has 1 aromatic rings. The second-order valence-electron chi connectivity index (χ2n) is 6.28. The lowest BCUT2D eigenvalue weighted by molar-refractivity contribution is 0.280. The summed E-state index contributed by atoms with van der Waals surface area (Å²) in [6.45, 7) is 6.08. The Morgan fingerprint density at radius 3 is 2.62 bits per heavy atom. The standard InChI is InChI=1S/C17H29N3O/c1-14-13-16(20-10-7-15(18)8-11-20)5-6-17(14)21-12-4-9-19(2)3/h5-6,13,15H,4,7-12,18H2,1-3H3. The van der Waals surface area contributed by atoms with Gasteiger partial charge in [-0.3, -0.25) is 0 Å². The molecule has 0 radical (unpaired) electrons. The fourth-order valence-corrected chi connectivity index (χ4v) is 2.71. The molecule has 4 heteroatoms. The van der Waals surface area contributed by atoms with E-state index in [1.807, 2.05) is 0 Å². The predicted molar refractivity (Wildman–Crippen MR) is 89.3 cm³/mol. The number of nitrogens with zero attached hydrogens (tertiary/aromatic N) is 2. The van der Waals surface area contributed by atoms with Gasteiger partial charge < -0.3 is 20.3 Å². The molecule has 2 N–H and O–H groups in total. The molecule has 0 atom stereocenters. The van der Waals surface area contributed by atoms with E-state index in [-0.39, 0.29) is 0 Å². The van der Waals surface area contributed by atoms with Crippen LogP contribution in [0.2, 0.25) is 0 Å². The Balaban J connectivity index is 1.88. The van der Waals surface area contributed by atoms with Crippen molar-refractivity contribution in [2.45, 2.75) is 32.2 Å². The molecule has 0 saturated carbocycles. The van der Waals surface area contributed by atoms with Crippen LogP contribution < -0.4 is 15.4 Å². The van der Waals surface area contributed by atoms with Gasteiger partial charge in [-0.25, -0.2) is 0 Å². The normalized spacial score (nSPS) is 16.5. The number of anilines is 1. The van der Waals surface area contributed by atoms with Crippen molar-refractivity contribution in [3.05, 3.63) is 23.8 Å². The van der Waals surface area contributed by atoms with Crippen LogP contribution in [0.15, 0.2) is 18.2 Å². The van der Waals surface area contributed by atoms with Crippen LogP contribution in [0.5, 0.6) is 5.75 Å². The number of hydrogen-bond donors (Lipinski definition) is 1. The quantitative estimate of drug-likeness (QED) is 0.816. The summed E-state index contributed by atoms with van der Waals surface area (Å²) in [6.07, 6.45) is 3.22. The van der Waals surface area contributed by atoms with E-state index in [9.17, 15) is 0 Å². The second-order valence-corrected chi connectivity index (χ2v) is 6.28. The fourth-order valence-electron chi connectivity index (χ4n) is 2.71. The number of aryl methyl sites for hydroxylation is 1. The molecule has 4 nitrogen and oxygen atoms in total. The van der Waals surface area contributed by atoms with Gasteiger partial charge in [0, 0.05) is 31.4 Å². The number of piperidine rings is 1. The minimum atomic E-state index is 0.377. The lowest BCUT2D eigenvalue weighted by atomic mass is 10.0. The molecule has 118 valence electrons. The molecule has 21 heavy (non-hydrogen) atoms. The summed E-state index contributed by atoms with van der Waals surface area (Å²) in [4.78, 5) is 4.60. The molecule has 1 aromatic carbocycles. The largest absolute Gasteiger partial charge is 0.493 e. The van der Waals surface area contributed by atoms with E-state index in [1.54, 1.807) is 0 Å². The van der Waals surface area contributed by atoms with Gasteiger partial charge in [-0.05, 0) is 64.0 Å². The Hall–Kier alpha value is -1.26. The van der Waals surface area contributed by atoms with Crippen molar-refractivity contribution in [1.82, 2.24) is 4.90 Å². The molecule has 0 unspecified atom stereocenters. The Labute approximate surface area is 128 Å². The summed E-state index contributed by atoms with van der Waals surface area (Å²) in [5.41, 5.74) is 8.47. The maximum Gasteiger partial charge on any atom is 0.122 e. The van der Waals surface area contributed by atoms with Crippen LogP contribution in [-0.4, -0.2) is 51.3 Å². The monoisotopic (exact) mass is 291 g/mol. The lowest BCUT2D eigenvalue weighted by Gasteiger charge is -2.32. The number of hydrogen-bond acceptors (Lipinski definition) is 4. The molecule has 0 spiro atoms. The molecule has 1 aliphatic heterocycles. The second kappa shape index (κ2) is 7.66. The molecule has 2 rings (SSSR count). The molecule has 1 heterocycles. The smallest absolute Gasteiger partial charge is 0.122 e. The molecule has 0 aliphatic carbocycles. The average molecular weight is 291 g/mol. The molecular weight excluding hydrogens is 262 g/mol. The number of benzene rings is 1. The van der Waals surface area contributed by atoms with Crippen molar-refractivity contribution in [3.63, 3.8) is 0 Å². The van der Waals surface area contributed by atoms with Gasteiger partial charge >= 0.3 is 0 Å². The van der Waals surface area contributed by atoms with Crippen LogP contribution in [0.3, 0.4) is 0 Å². The van der Waals surface area contributed by atoms with Gasteiger partial charge in [0.1, 0.15) is 5.75 Å². The Morgan fingerprint density at radius 2 is 2.00 bits per heavy atom. The summed E-state index contributed by atoms with van der Waals surface area (Å²) < 4.78 is 5.88. The van der Waals surface area contributed by atoms with Crippen LogP contribution in [0.1, 0.15) is 24.8 Å². The van der Waals surface area contributed by atoms with Gasteiger partial charge in [0.25, 0.3) is 0 Å². The molecule has 0 amide bonds. The molecule has 1 saturated heterocycles. The van der Waals surface area contributed by atoms with E-state index in [0.29, 0.717) is 6.04 Å². The molecule has 1 fully saturated rings. The summed E-state index contributed by atoms with van der Waals surface area (Å²) in [6, 6.07) is 6.89. The Bertz CT molecular complexity index is 440. The van der Waals surface area contributed by atoms with Crippen LogP contribution in [0, 0.1) is 6.92 Å². The van der Waals surface area contributed by atoms with Crippen molar-refractivity contribution in [2.24, 2.45) is 5.73 Å². The zero-order valence-electron chi connectivity index (χ0n) is 13.6. The van der Waals surface area contributed by atoms with Crippen LogP contribution >= 0.6 is 0 Å². The maximum absolute atomic E-state index is 5.97.